The minimum absolute atomic E-state index is 0.712. The van der Waals surface area contributed by atoms with Crippen LogP contribution in [0.25, 0.3) is 16.6 Å². The Morgan fingerprint density at radius 3 is 2.79 bits per heavy atom. The van der Waals surface area contributed by atoms with E-state index in [1.807, 2.05) is 35.8 Å². The van der Waals surface area contributed by atoms with Crippen LogP contribution in [0.1, 0.15) is 30.5 Å². The second-order valence-corrected chi connectivity index (χ2v) is 7.46. The molecular weight excluding hydrogens is 348 g/mol. The third-order valence-corrected chi connectivity index (χ3v) is 5.38. The highest BCUT2D eigenvalue weighted by Gasteiger charge is 2.13. The summed E-state index contributed by atoms with van der Waals surface area (Å²) < 4.78 is 1.91. The molecule has 1 aromatic carbocycles. The van der Waals surface area contributed by atoms with Crippen LogP contribution in [0, 0.1) is 6.92 Å². The normalized spacial score (nSPS) is 14.7. The fourth-order valence-corrected chi connectivity index (χ4v) is 3.96. The van der Waals surface area contributed by atoms with Crippen molar-refractivity contribution < 1.29 is 0 Å². The molecule has 1 fully saturated rings. The predicted octanol–water partition coefficient (Wildman–Crippen LogP) is 4.19. The van der Waals surface area contributed by atoms with E-state index in [9.17, 15) is 0 Å². The number of pyridine rings is 1. The van der Waals surface area contributed by atoms with E-state index in [-0.39, 0.29) is 0 Å². The molecule has 1 saturated heterocycles. The fourth-order valence-electron chi connectivity index (χ4n) is 3.96. The molecule has 0 saturated carbocycles. The second-order valence-electron chi connectivity index (χ2n) is 7.46. The number of aromatic nitrogens is 4. The lowest BCUT2D eigenvalue weighted by Crippen LogP contribution is -2.30. The molecule has 1 N–H and O–H groups in total. The van der Waals surface area contributed by atoms with E-state index in [1.54, 1.807) is 0 Å². The lowest BCUT2D eigenvalue weighted by molar-refractivity contribution is 0.573. The van der Waals surface area contributed by atoms with Gasteiger partial charge in [-0.2, -0.15) is 5.10 Å². The smallest absolute Gasteiger partial charge is 0.158 e. The summed E-state index contributed by atoms with van der Waals surface area (Å²) in [7, 11) is 0. The summed E-state index contributed by atoms with van der Waals surface area (Å²) in [6.45, 7) is 4.92. The van der Waals surface area contributed by atoms with E-state index in [0.29, 0.717) is 6.54 Å². The maximum Gasteiger partial charge on any atom is 0.158 e. The summed E-state index contributed by atoms with van der Waals surface area (Å²) in [6, 6.07) is 14.5. The zero-order valence-electron chi connectivity index (χ0n) is 16.1. The van der Waals surface area contributed by atoms with Crippen LogP contribution in [0.4, 0.5) is 11.6 Å². The van der Waals surface area contributed by atoms with Gasteiger partial charge in [0.05, 0.1) is 11.2 Å². The first-order chi connectivity index (χ1) is 13.8. The summed E-state index contributed by atoms with van der Waals surface area (Å²) in [4.78, 5) is 11.8. The van der Waals surface area contributed by atoms with Crippen molar-refractivity contribution in [3.63, 3.8) is 0 Å². The average Bonchev–Trinajstić information content (AvgIpc) is 3.13. The maximum atomic E-state index is 4.81. The van der Waals surface area contributed by atoms with Gasteiger partial charge in [-0.05, 0) is 56.0 Å². The van der Waals surface area contributed by atoms with Crippen LogP contribution >= 0.6 is 0 Å². The van der Waals surface area contributed by atoms with Gasteiger partial charge >= 0.3 is 0 Å². The Kier molecular flexibility index (Phi) is 4.31. The topological polar surface area (TPSA) is 58.4 Å². The highest BCUT2D eigenvalue weighted by molar-refractivity contribution is 5.91. The number of para-hydroxylation sites is 1. The van der Waals surface area contributed by atoms with Gasteiger partial charge < -0.3 is 10.2 Å². The van der Waals surface area contributed by atoms with Crippen molar-refractivity contribution in [2.45, 2.75) is 32.7 Å². The monoisotopic (exact) mass is 372 g/mol. The Balaban J connectivity index is 1.44. The van der Waals surface area contributed by atoms with Crippen molar-refractivity contribution in [3.8, 4) is 0 Å². The van der Waals surface area contributed by atoms with Crippen LogP contribution in [0.5, 0.6) is 0 Å². The molecule has 28 heavy (non-hydrogen) atoms. The standard InChI is InChI=1S/C22H24N6/c1-16-13-21-25-22(18-7-3-4-8-19(18)28(21)26-16)24-15-17-9-10-23-20(14-17)27-11-5-2-6-12-27/h3-4,7-10,13-14H,2,5-6,11-12,15H2,1H3,(H,24,25). The van der Waals surface area contributed by atoms with Crippen molar-refractivity contribution in [1.29, 1.82) is 0 Å². The SMILES string of the molecule is Cc1cc2nc(NCc3ccnc(N4CCCCC4)c3)c3ccccc3n2n1. The van der Waals surface area contributed by atoms with E-state index in [4.69, 9.17) is 4.98 Å². The molecule has 4 aromatic rings. The molecule has 6 heteroatoms. The number of benzene rings is 1. The minimum Gasteiger partial charge on any atom is -0.365 e. The minimum atomic E-state index is 0.712. The largest absolute Gasteiger partial charge is 0.365 e. The molecule has 0 radical (unpaired) electrons. The summed E-state index contributed by atoms with van der Waals surface area (Å²) in [5.41, 5.74) is 4.11. The molecule has 4 heterocycles. The quantitative estimate of drug-likeness (QED) is 0.582. The second kappa shape index (κ2) is 7.11. The van der Waals surface area contributed by atoms with Gasteiger partial charge in [-0.3, -0.25) is 0 Å². The number of nitrogens with one attached hydrogen (secondary N) is 1. The van der Waals surface area contributed by atoms with Crippen LogP contribution < -0.4 is 10.2 Å². The molecule has 6 nitrogen and oxygen atoms in total. The highest BCUT2D eigenvalue weighted by Crippen LogP contribution is 2.24. The van der Waals surface area contributed by atoms with Crippen molar-refractivity contribution in [2.24, 2.45) is 0 Å². The number of anilines is 2. The van der Waals surface area contributed by atoms with Gasteiger partial charge in [0.15, 0.2) is 5.65 Å². The molecule has 1 aliphatic heterocycles. The van der Waals surface area contributed by atoms with Gasteiger partial charge in [-0.1, -0.05) is 12.1 Å². The molecule has 142 valence electrons. The molecule has 5 rings (SSSR count). The van der Waals surface area contributed by atoms with Gasteiger partial charge in [-0.15, -0.1) is 0 Å². The van der Waals surface area contributed by atoms with E-state index >= 15 is 0 Å². The van der Waals surface area contributed by atoms with E-state index < -0.39 is 0 Å². The van der Waals surface area contributed by atoms with Crippen molar-refractivity contribution in [2.75, 3.05) is 23.3 Å². The first kappa shape index (κ1) is 17.0. The third-order valence-electron chi connectivity index (χ3n) is 5.38. The van der Waals surface area contributed by atoms with Crippen LogP contribution in [-0.2, 0) is 6.54 Å². The number of hydrogen-bond donors (Lipinski definition) is 1. The van der Waals surface area contributed by atoms with Gasteiger partial charge in [0.25, 0.3) is 0 Å². The molecule has 0 atom stereocenters. The number of rotatable bonds is 4. The van der Waals surface area contributed by atoms with E-state index in [2.05, 4.69) is 44.6 Å². The molecule has 3 aromatic heterocycles. The zero-order valence-corrected chi connectivity index (χ0v) is 16.1. The number of piperidine rings is 1. The highest BCUT2D eigenvalue weighted by atomic mass is 15.3. The first-order valence-corrected chi connectivity index (χ1v) is 9.97. The van der Waals surface area contributed by atoms with E-state index in [0.717, 1.165) is 47.0 Å². The van der Waals surface area contributed by atoms with Gasteiger partial charge in [0, 0.05) is 37.3 Å². The Hall–Kier alpha value is -3.15. The van der Waals surface area contributed by atoms with Crippen molar-refractivity contribution in [3.05, 3.63) is 59.9 Å². The molecule has 0 spiro atoms. The van der Waals surface area contributed by atoms with Crippen LogP contribution in [0.15, 0.2) is 48.7 Å². The van der Waals surface area contributed by atoms with Crippen LogP contribution in [0.3, 0.4) is 0 Å². The van der Waals surface area contributed by atoms with Gasteiger partial charge in [0.2, 0.25) is 0 Å². The summed E-state index contributed by atoms with van der Waals surface area (Å²) >= 11 is 0. The fraction of sp³-hybridized carbons (Fsp3) is 0.318. The third kappa shape index (κ3) is 3.15. The van der Waals surface area contributed by atoms with E-state index in [1.165, 1.54) is 24.8 Å². The molecular formula is C22H24N6. The molecule has 0 amide bonds. The summed E-state index contributed by atoms with van der Waals surface area (Å²) in [5, 5.41) is 9.19. The Morgan fingerprint density at radius 2 is 1.89 bits per heavy atom. The van der Waals surface area contributed by atoms with Gasteiger partial charge in [0.1, 0.15) is 11.6 Å². The van der Waals surface area contributed by atoms with Crippen LogP contribution in [-0.4, -0.2) is 32.7 Å². The van der Waals surface area contributed by atoms with Crippen molar-refractivity contribution in [1.82, 2.24) is 19.6 Å². The van der Waals surface area contributed by atoms with Crippen LogP contribution in [0.2, 0.25) is 0 Å². The Bertz CT molecular complexity index is 1130. The molecule has 0 bridgehead atoms. The number of hydrogen-bond acceptors (Lipinski definition) is 5. The molecule has 0 unspecified atom stereocenters. The molecule has 0 aliphatic carbocycles. The predicted molar refractivity (Wildman–Crippen MR) is 113 cm³/mol. The number of fused-ring (bicyclic) bond motifs is 3. The lowest BCUT2D eigenvalue weighted by Gasteiger charge is -2.28. The summed E-state index contributed by atoms with van der Waals surface area (Å²) in [5.74, 6) is 1.97. The number of aryl methyl sites for hydroxylation is 1. The lowest BCUT2D eigenvalue weighted by atomic mass is 10.1. The molecule has 1 aliphatic rings. The van der Waals surface area contributed by atoms with Crippen molar-refractivity contribution >= 4 is 28.2 Å². The average molecular weight is 372 g/mol. The first-order valence-electron chi connectivity index (χ1n) is 9.97. The van der Waals surface area contributed by atoms with Gasteiger partial charge in [-0.25, -0.2) is 14.5 Å². The summed E-state index contributed by atoms with van der Waals surface area (Å²) in [6.07, 6.45) is 5.75. The Labute approximate surface area is 164 Å². The number of nitrogens with zero attached hydrogens (tertiary/aromatic N) is 5. The zero-order chi connectivity index (χ0) is 18.9. The maximum absolute atomic E-state index is 4.81. The Morgan fingerprint density at radius 1 is 1.04 bits per heavy atom.